The molecule has 0 unspecified atom stereocenters. The number of hydrogen-bond donors (Lipinski definition) is 0. The van der Waals surface area contributed by atoms with Crippen LogP contribution in [0.1, 0.15) is 37.1 Å². The Morgan fingerprint density at radius 1 is 1.19 bits per heavy atom. The average molecular weight is 349 g/mol. The Bertz CT molecular complexity index is 636. The molecule has 1 heterocycles. The summed E-state index contributed by atoms with van der Waals surface area (Å²) in [7, 11) is 1.64. The third kappa shape index (κ3) is 3.68. The van der Waals surface area contributed by atoms with Crippen molar-refractivity contribution in [2.24, 2.45) is 0 Å². The lowest BCUT2D eigenvalue weighted by Gasteiger charge is -2.09. The number of ether oxygens (including phenoxy) is 1. The Labute approximate surface area is 135 Å². The second-order valence-electron chi connectivity index (χ2n) is 4.73. The summed E-state index contributed by atoms with van der Waals surface area (Å²) in [5, 5.41) is 9.15. The van der Waals surface area contributed by atoms with E-state index in [2.05, 4.69) is 35.8 Å². The highest BCUT2D eigenvalue weighted by atomic mass is 79.9. The number of nitriles is 1. The zero-order chi connectivity index (χ0) is 16.0. The van der Waals surface area contributed by atoms with Gasteiger partial charge in [-0.2, -0.15) is 5.26 Å². The van der Waals surface area contributed by atoms with Crippen molar-refractivity contribution in [2.45, 2.75) is 34.1 Å². The van der Waals surface area contributed by atoms with Crippen molar-refractivity contribution < 1.29 is 4.74 Å². The van der Waals surface area contributed by atoms with Gasteiger partial charge in [0, 0.05) is 11.4 Å². The van der Waals surface area contributed by atoms with Gasteiger partial charge in [0.25, 0.3) is 0 Å². The van der Waals surface area contributed by atoms with Gasteiger partial charge >= 0.3 is 0 Å². The molecule has 0 fully saturated rings. The molecule has 0 saturated carbocycles. The number of rotatable bonds is 2. The largest absolute Gasteiger partial charge is 0.497 e. The molecule has 0 radical (unpaired) electrons. The van der Waals surface area contributed by atoms with E-state index < -0.39 is 0 Å². The minimum atomic E-state index is 0.684. The highest BCUT2D eigenvalue weighted by molar-refractivity contribution is 9.10. The third-order valence-electron chi connectivity index (χ3n) is 3.10. The Kier molecular flexibility index (Phi) is 6.51. The summed E-state index contributed by atoms with van der Waals surface area (Å²) in [5.41, 5.74) is 3.75. The van der Waals surface area contributed by atoms with Gasteiger partial charge in [-0.05, 0) is 59.6 Å². The van der Waals surface area contributed by atoms with Crippen molar-refractivity contribution in [3.05, 3.63) is 45.7 Å². The zero-order valence-electron chi connectivity index (χ0n) is 13.2. The van der Waals surface area contributed by atoms with Gasteiger partial charge in [0.1, 0.15) is 16.4 Å². The Balaban J connectivity index is 0.000000677. The first-order chi connectivity index (χ1) is 10.0. The molecule has 4 heteroatoms. The van der Waals surface area contributed by atoms with Gasteiger partial charge in [0.15, 0.2) is 0 Å². The SMILES string of the molecule is CCC.COc1ccc(-n2c(C)c(C)c(C#N)c2Br)cc1. The van der Waals surface area contributed by atoms with Crippen molar-refractivity contribution in [3.63, 3.8) is 0 Å². The number of aromatic nitrogens is 1. The molecule has 0 N–H and O–H groups in total. The lowest BCUT2D eigenvalue weighted by molar-refractivity contribution is 0.414. The summed E-state index contributed by atoms with van der Waals surface area (Å²) >= 11 is 3.49. The molecule has 112 valence electrons. The molecule has 1 aromatic heterocycles. The summed E-state index contributed by atoms with van der Waals surface area (Å²) in [6.45, 7) is 8.21. The van der Waals surface area contributed by atoms with Crippen LogP contribution < -0.4 is 4.74 Å². The van der Waals surface area contributed by atoms with Crippen LogP contribution in [0.25, 0.3) is 5.69 Å². The number of hydrogen-bond acceptors (Lipinski definition) is 2. The van der Waals surface area contributed by atoms with Gasteiger partial charge in [0.05, 0.1) is 12.7 Å². The molecular formula is C17H21BrN2O. The van der Waals surface area contributed by atoms with Crippen LogP contribution in [0.15, 0.2) is 28.9 Å². The lowest BCUT2D eigenvalue weighted by Crippen LogP contribution is -1.97. The fourth-order valence-electron chi connectivity index (χ4n) is 1.93. The fraction of sp³-hybridized carbons (Fsp3) is 0.353. The first-order valence-corrected chi connectivity index (χ1v) is 7.72. The third-order valence-corrected chi connectivity index (χ3v) is 3.85. The van der Waals surface area contributed by atoms with E-state index in [9.17, 15) is 0 Å². The van der Waals surface area contributed by atoms with Crippen molar-refractivity contribution in [2.75, 3.05) is 7.11 Å². The van der Waals surface area contributed by atoms with E-state index in [1.165, 1.54) is 6.42 Å². The molecule has 2 aromatic rings. The Morgan fingerprint density at radius 3 is 2.10 bits per heavy atom. The molecule has 0 saturated heterocycles. The standard InChI is InChI=1S/C14H13BrN2O.C3H8/c1-9-10(2)17(14(15)13(9)8-16)11-4-6-12(18-3)7-5-11;1-3-2/h4-7H,1-3H3;3H2,1-2H3. The van der Waals surface area contributed by atoms with Crippen LogP contribution in [0, 0.1) is 25.2 Å². The van der Waals surface area contributed by atoms with E-state index in [4.69, 9.17) is 10.00 Å². The molecule has 21 heavy (non-hydrogen) atoms. The highest BCUT2D eigenvalue weighted by Crippen LogP contribution is 2.30. The van der Waals surface area contributed by atoms with E-state index >= 15 is 0 Å². The van der Waals surface area contributed by atoms with Crippen LogP contribution >= 0.6 is 15.9 Å². The van der Waals surface area contributed by atoms with E-state index in [0.29, 0.717) is 5.56 Å². The van der Waals surface area contributed by atoms with Gasteiger partial charge < -0.3 is 9.30 Å². The lowest BCUT2D eigenvalue weighted by atomic mass is 10.2. The van der Waals surface area contributed by atoms with Gasteiger partial charge in [-0.25, -0.2) is 0 Å². The van der Waals surface area contributed by atoms with Gasteiger partial charge in [-0.1, -0.05) is 20.3 Å². The minimum absolute atomic E-state index is 0.684. The monoisotopic (exact) mass is 348 g/mol. The zero-order valence-corrected chi connectivity index (χ0v) is 14.8. The first kappa shape index (κ1) is 17.3. The van der Waals surface area contributed by atoms with Gasteiger partial charge in [0.2, 0.25) is 0 Å². The maximum atomic E-state index is 9.15. The summed E-state index contributed by atoms with van der Waals surface area (Å²) in [6, 6.07) is 9.97. The molecule has 0 bridgehead atoms. The average Bonchev–Trinajstić information content (AvgIpc) is 2.70. The van der Waals surface area contributed by atoms with Crippen molar-refractivity contribution >= 4 is 15.9 Å². The molecule has 1 aromatic carbocycles. The second-order valence-corrected chi connectivity index (χ2v) is 5.48. The van der Waals surface area contributed by atoms with E-state index in [1.54, 1.807) is 7.11 Å². The Hall–Kier alpha value is -1.73. The van der Waals surface area contributed by atoms with Crippen molar-refractivity contribution in [1.82, 2.24) is 4.57 Å². The maximum Gasteiger partial charge on any atom is 0.119 e. The molecule has 0 aliphatic rings. The number of nitrogens with zero attached hydrogens (tertiary/aromatic N) is 2. The van der Waals surface area contributed by atoms with Crippen LogP contribution in [0.3, 0.4) is 0 Å². The fourth-order valence-corrected chi connectivity index (χ4v) is 2.79. The molecule has 0 aliphatic heterocycles. The highest BCUT2D eigenvalue weighted by Gasteiger charge is 2.16. The van der Waals surface area contributed by atoms with E-state index in [-0.39, 0.29) is 0 Å². The molecule has 3 nitrogen and oxygen atoms in total. The van der Waals surface area contributed by atoms with E-state index in [1.807, 2.05) is 42.7 Å². The topological polar surface area (TPSA) is 38.0 Å². The minimum Gasteiger partial charge on any atom is -0.497 e. The van der Waals surface area contributed by atoms with Crippen molar-refractivity contribution in [3.8, 4) is 17.5 Å². The van der Waals surface area contributed by atoms with Crippen LogP contribution in [0.5, 0.6) is 5.75 Å². The van der Waals surface area contributed by atoms with E-state index in [0.717, 1.165) is 27.3 Å². The van der Waals surface area contributed by atoms with Crippen LogP contribution in [0.2, 0.25) is 0 Å². The van der Waals surface area contributed by atoms with Crippen LogP contribution in [-0.2, 0) is 0 Å². The summed E-state index contributed by atoms with van der Waals surface area (Å²) in [6.07, 6.45) is 1.25. The molecule has 0 aliphatic carbocycles. The molecule has 2 rings (SSSR count). The van der Waals surface area contributed by atoms with Gasteiger partial charge in [-0.15, -0.1) is 0 Å². The smallest absolute Gasteiger partial charge is 0.119 e. The summed E-state index contributed by atoms with van der Waals surface area (Å²) < 4.78 is 7.96. The predicted octanol–water partition coefficient (Wildman–Crippen LogP) is 5.15. The van der Waals surface area contributed by atoms with Crippen molar-refractivity contribution in [1.29, 1.82) is 5.26 Å². The normalized spacial score (nSPS) is 9.57. The number of benzene rings is 1. The quantitative estimate of drug-likeness (QED) is 0.752. The number of halogens is 1. The maximum absolute atomic E-state index is 9.15. The number of methoxy groups -OCH3 is 1. The first-order valence-electron chi connectivity index (χ1n) is 6.93. The summed E-state index contributed by atoms with van der Waals surface area (Å²) in [5.74, 6) is 0.817. The molecule has 0 spiro atoms. The Morgan fingerprint density at radius 2 is 1.71 bits per heavy atom. The molecular weight excluding hydrogens is 328 g/mol. The van der Waals surface area contributed by atoms with Crippen LogP contribution in [0.4, 0.5) is 0 Å². The van der Waals surface area contributed by atoms with Gasteiger partial charge in [-0.3, -0.25) is 0 Å². The second kappa shape index (κ2) is 7.90. The van der Waals surface area contributed by atoms with Crippen LogP contribution in [-0.4, -0.2) is 11.7 Å². The molecule has 0 amide bonds. The molecule has 0 atom stereocenters. The predicted molar refractivity (Wildman–Crippen MR) is 90.2 cm³/mol. The summed E-state index contributed by atoms with van der Waals surface area (Å²) in [4.78, 5) is 0.